The van der Waals surface area contributed by atoms with Gasteiger partial charge in [0.25, 0.3) is 0 Å². The Hall–Kier alpha value is -1.75. The van der Waals surface area contributed by atoms with E-state index in [0.29, 0.717) is 13.1 Å². The minimum atomic E-state index is -0.255. The average Bonchev–Trinajstić information content (AvgIpc) is 2.34. The summed E-state index contributed by atoms with van der Waals surface area (Å²) in [6.45, 7) is 6.37. The molecule has 0 aromatic carbocycles. The summed E-state index contributed by atoms with van der Waals surface area (Å²) in [5.74, 6) is -0.0473. The van der Waals surface area contributed by atoms with Crippen molar-refractivity contribution in [1.82, 2.24) is 20.6 Å². The number of aromatic nitrogens is 2. The van der Waals surface area contributed by atoms with Gasteiger partial charge in [-0.05, 0) is 13.0 Å². The van der Waals surface area contributed by atoms with Gasteiger partial charge in [0, 0.05) is 19.3 Å². The highest BCUT2D eigenvalue weighted by Gasteiger charge is 2.10. The maximum absolute atomic E-state index is 11.5. The third-order valence-electron chi connectivity index (χ3n) is 2.05. The van der Waals surface area contributed by atoms with Crippen LogP contribution in [0.25, 0.3) is 0 Å². The van der Waals surface area contributed by atoms with Gasteiger partial charge in [-0.2, -0.15) is 0 Å². The summed E-state index contributed by atoms with van der Waals surface area (Å²) in [5.41, 5.74) is 0.860. The molecule has 0 fully saturated rings. The van der Waals surface area contributed by atoms with Crippen LogP contribution in [0.4, 0.5) is 0 Å². The van der Waals surface area contributed by atoms with E-state index in [2.05, 4.69) is 27.2 Å². The average molecular weight is 220 g/mol. The van der Waals surface area contributed by atoms with Crippen molar-refractivity contribution in [3.05, 3.63) is 36.9 Å². The van der Waals surface area contributed by atoms with E-state index in [9.17, 15) is 4.79 Å². The van der Waals surface area contributed by atoms with Crippen molar-refractivity contribution >= 4 is 5.91 Å². The maximum Gasteiger partial charge on any atom is 0.237 e. The van der Waals surface area contributed by atoms with E-state index in [1.165, 1.54) is 6.33 Å². The molecule has 1 aromatic heterocycles. The van der Waals surface area contributed by atoms with Gasteiger partial charge >= 0.3 is 0 Å². The molecule has 0 bridgehead atoms. The summed E-state index contributed by atoms with van der Waals surface area (Å²) < 4.78 is 0. The number of hydrogen-bond acceptors (Lipinski definition) is 4. The second-order valence-electron chi connectivity index (χ2n) is 3.34. The van der Waals surface area contributed by atoms with E-state index in [0.717, 1.165) is 5.69 Å². The highest BCUT2D eigenvalue weighted by atomic mass is 16.2. The zero-order valence-corrected chi connectivity index (χ0v) is 9.31. The van der Waals surface area contributed by atoms with Gasteiger partial charge in [0.2, 0.25) is 5.91 Å². The maximum atomic E-state index is 11.5. The molecular formula is C11H16N4O. The van der Waals surface area contributed by atoms with Crippen LogP contribution in [0.15, 0.2) is 31.2 Å². The van der Waals surface area contributed by atoms with E-state index in [4.69, 9.17) is 0 Å². The van der Waals surface area contributed by atoms with Gasteiger partial charge in [0.15, 0.2) is 0 Å². The van der Waals surface area contributed by atoms with Crippen LogP contribution >= 0.6 is 0 Å². The standard InChI is InChI=1S/C11H16N4O/c1-3-5-13-11(16)9(2)14-7-10-4-6-12-8-15-10/h3-4,6,8-9,14H,1,5,7H2,2H3,(H,13,16). The predicted molar refractivity (Wildman–Crippen MR) is 61.5 cm³/mol. The van der Waals surface area contributed by atoms with Crippen molar-refractivity contribution < 1.29 is 4.79 Å². The lowest BCUT2D eigenvalue weighted by molar-refractivity contribution is -0.122. The van der Waals surface area contributed by atoms with Crippen molar-refractivity contribution in [1.29, 1.82) is 0 Å². The van der Waals surface area contributed by atoms with E-state index in [1.807, 2.05) is 0 Å². The Bertz CT molecular complexity index is 339. The summed E-state index contributed by atoms with van der Waals surface area (Å²) in [6, 6.07) is 1.55. The fraction of sp³-hybridized carbons (Fsp3) is 0.364. The smallest absolute Gasteiger partial charge is 0.237 e. The van der Waals surface area contributed by atoms with E-state index in [-0.39, 0.29) is 11.9 Å². The summed E-state index contributed by atoms with van der Waals surface area (Å²) in [5, 5.41) is 5.79. The van der Waals surface area contributed by atoms with Crippen LogP contribution in [0.1, 0.15) is 12.6 Å². The Morgan fingerprint density at radius 3 is 3.12 bits per heavy atom. The van der Waals surface area contributed by atoms with Crippen LogP contribution in [0.2, 0.25) is 0 Å². The summed E-state index contributed by atoms with van der Waals surface area (Å²) in [4.78, 5) is 19.3. The van der Waals surface area contributed by atoms with Gasteiger partial charge in [-0.25, -0.2) is 9.97 Å². The number of amides is 1. The zero-order chi connectivity index (χ0) is 11.8. The molecular weight excluding hydrogens is 204 g/mol. The molecule has 0 aliphatic heterocycles. The Morgan fingerprint density at radius 2 is 2.50 bits per heavy atom. The van der Waals surface area contributed by atoms with Crippen LogP contribution in [-0.4, -0.2) is 28.5 Å². The van der Waals surface area contributed by atoms with E-state index < -0.39 is 0 Å². The van der Waals surface area contributed by atoms with Crippen molar-refractivity contribution in [3.63, 3.8) is 0 Å². The SMILES string of the molecule is C=CCNC(=O)C(C)NCc1ccncn1. The molecule has 16 heavy (non-hydrogen) atoms. The Balaban J connectivity index is 2.32. The number of rotatable bonds is 6. The van der Waals surface area contributed by atoms with Crippen molar-refractivity contribution in [2.24, 2.45) is 0 Å². The second kappa shape index (κ2) is 6.68. The number of nitrogens with zero attached hydrogens (tertiary/aromatic N) is 2. The van der Waals surface area contributed by atoms with Crippen LogP contribution in [0.5, 0.6) is 0 Å². The molecule has 1 amide bonds. The number of nitrogens with one attached hydrogen (secondary N) is 2. The van der Waals surface area contributed by atoms with Gasteiger partial charge in [0.05, 0.1) is 11.7 Å². The van der Waals surface area contributed by atoms with Crippen LogP contribution in [0, 0.1) is 0 Å². The molecule has 5 nitrogen and oxygen atoms in total. The van der Waals surface area contributed by atoms with Crippen molar-refractivity contribution in [2.45, 2.75) is 19.5 Å². The third-order valence-corrected chi connectivity index (χ3v) is 2.05. The van der Waals surface area contributed by atoms with Crippen LogP contribution in [-0.2, 0) is 11.3 Å². The Morgan fingerprint density at radius 1 is 1.69 bits per heavy atom. The molecule has 0 saturated heterocycles. The van der Waals surface area contributed by atoms with Crippen LogP contribution < -0.4 is 10.6 Å². The Kier molecular flexibility index (Phi) is 5.15. The van der Waals surface area contributed by atoms with Gasteiger partial charge in [0.1, 0.15) is 6.33 Å². The molecule has 1 unspecified atom stereocenters. The molecule has 0 aliphatic carbocycles. The molecule has 5 heteroatoms. The molecule has 86 valence electrons. The van der Waals surface area contributed by atoms with E-state index >= 15 is 0 Å². The summed E-state index contributed by atoms with van der Waals surface area (Å²) >= 11 is 0. The fourth-order valence-corrected chi connectivity index (χ4v) is 1.10. The molecule has 1 atom stereocenters. The largest absolute Gasteiger partial charge is 0.351 e. The first kappa shape index (κ1) is 12.3. The minimum absolute atomic E-state index is 0.0473. The third kappa shape index (κ3) is 4.18. The molecule has 0 radical (unpaired) electrons. The van der Waals surface area contributed by atoms with Crippen molar-refractivity contribution in [2.75, 3.05) is 6.54 Å². The molecule has 0 aliphatic rings. The second-order valence-corrected chi connectivity index (χ2v) is 3.34. The lowest BCUT2D eigenvalue weighted by Gasteiger charge is -2.12. The van der Waals surface area contributed by atoms with Crippen molar-refractivity contribution in [3.8, 4) is 0 Å². The quantitative estimate of drug-likeness (QED) is 0.675. The Labute approximate surface area is 95.0 Å². The molecule has 0 spiro atoms. The normalized spacial score (nSPS) is 11.8. The van der Waals surface area contributed by atoms with E-state index in [1.54, 1.807) is 25.3 Å². The monoisotopic (exact) mass is 220 g/mol. The highest BCUT2D eigenvalue weighted by Crippen LogP contribution is 1.91. The number of hydrogen-bond donors (Lipinski definition) is 2. The lowest BCUT2D eigenvalue weighted by Crippen LogP contribution is -2.41. The first-order valence-electron chi connectivity index (χ1n) is 5.11. The fourth-order valence-electron chi connectivity index (χ4n) is 1.10. The molecule has 1 heterocycles. The van der Waals surface area contributed by atoms with Gasteiger partial charge < -0.3 is 10.6 Å². The van der Waals surface area contributed by atoms with Gasteiger partial charge in [-0.3, -0.25) is 4.79 Å². The zero-order valence-electron chi connectivity index (χ0n) is 9.31. The first-order chi connectivity index (χ1) is 7.74. The highest BCUT2D eigenvalue weighted by molar-refractivity contribution is 5.81. The predicted octanol–water partition coefficient (Wildman–Crippen LogP) is 0.257. The van der Waals surface area contributed by atoms with Gasteiger partial charge in [-0.1, -0.05) is 6.08 Å². The minimum Gasteiger partial charge on any atom is -0.351 e. The first-order valence-corrected chi connectivity index (χ1v) is 5.11. The summed E-state index contributed by atoms with van der Waals surface area (Å²) in [6.07, 6.45) is 4.81. The molecule has 1 rings (SSSR count). The molecule has 1 aromatic rings. The topological polar surface area (TPSA) is 66.9 Å². The lowest BCUT2D eigenvalue weighted by atomic mass is 10.3. The van der Waals surface area contributed by atoms with Crippen LogP contribution in [0.3, 0.4) is 0 Å². The molecule has 2 N–H and O–H groups in total. The number of carbonyl (C=O) groups excluding carboxylic acids is 1. The number of carbonyl (C=O) groups is 1. The van der Waals surface area contributed by atoms with Gasteiger partial charge in [-0.15, -0.1) is 6.58 Å². The molecule has 0 saturated carbocycles. The summed E-state index contributed by atoms with van der Waals surface area (Å²) in [7, 11) is 0.